The molecule has 0 atom stereocenters. The number of para-hydroxylation sites is 1. The molecule has 0 saturated carbocycles. The molecular weight excluding hydrogens is 318 g/mol. The van der Waals surface area contributed by atoms with E-state index in [9.17, 15) is 4.79 Å². The van der Waals surface area contributed by atoms with Crippen molar-refractivity contribution in [1.82, 2.24) is 0 Å². The Morgan fingerprint density at radius 1 is 1.00 bits per heavy atom. The van der Waals surface area contributed by atoms with E-state index < -0.39 is 0 Å². The Balaban J connectivity index is 1.47. The fourth-order valence-electron chi connectivity index (χ4n) is 2.69. The minimum absolute atomic E-state index is 0.0484. The van der Waals surface area contributed by atoms with Crippen LogP contribution >= 0.6 is 11.8 Å². The van der Waals surface area contributed by atoms with Crippen LogP contribution in [0, 0.1) is 0 Å². The van der Waals surface area contributed by atoms with E-state index in [0.717, 1.165) is 33.0 Å². The Kier molecular flexibility index (Phi) is 3.92. The summed E-state index contributed by atoms with van der Waals surface area (Å²) >= 11 is 1.40. The van der Waals surface area contributed by atoms with Crippen molar-refractivity contribution in [2.75, 3.05) is 16.4 Å². The summed E-state index contributed by atoms with van der Waals surface area (Å²) in [4.78, 5) is 16.7. The van der Waals surface area contributed by atoms with Crippen molar-refractivity contribution < 1.29 is 4.79 Å². The Bertz CT molecular complexity index is 933. The van der Waals surface area contributed by atoms with Crippen LogP contribution in [-0.2, 0) is 4.79 Å². The molecule has 0 saturated heterocycles. The minimum Gasteiger partial charge on any atom is -0.334 e. The molecule has 0 aliphatic carbocycles. The van der Waals surface area contributed by atoms with Gasteiger partial charge in [-0.3, -0.25) is 4.79 Å². The smallest absolute Gasteiger partial charge is 0.234 e. The predicted octanol–water partition coefficient (Wildman–Crippen LogP) is 4.62. The van der Waals surface area contributed by atoms with E-state index in [-0.39, 0.29) is 5.91 Å². The highest BCUT2D eigenvalue weighted by molar-refractivity contribution is 8.14. The molecule has 0 radical (unpaired) electrons. The third-order valence-corrected chi connectivity index (χ3v) is 4.62. The molecule has 3 aromatic carbocycles. The molecule has 1 aliphatic rings. The molecule has 1 aliphatic heterocycles. The Morgan fingerprint density at radius 2 is 1.79 bits per heavy atom. The highest BCUT2D eigenvalue weighted by atomic mass is 32.2. The summed E-state index contributed by atoms with van der Waals surface area (Å²) in [5.41, 5.74) is 2.77. The third-order valence-electron chi connectivity index (χ3n) is 3.74. The summed E-state index contributed by atoms with van der Waals surface area (Å²) in [5.74, 6) is 0.256. The lowest BCUT2D eigenvalue weighted by atomic mass is 10.1. The molecule has 0 fully saturated rings. The average molecular weight is 333 g/mol. The van der Waals surface area contributed by atoms with Gasteiger partial charge in [0, 0.05) is 11.1 Å². The predicted molar refractivity (Wildman–Crippen MR) is 102 cm³/mol. The van der Waals surface area contributed by atoms with Crippen LogP contribution < -0.4 is 10.6 Å². The van der Waals surface area contributed by atoms with Gasteiger partial charge in [0.05, 0.1) is 17.1 Å². The van der Waals surface area contributed by atoms with Gasteiger partial charge in [-0.2, -0.15) is 0 Å². The molecule has 118 valence electrons. The summed E-state index contributed by atoms with van der Waals surface area (Å²) in [6, 6.07) is 21.7. The highest BCUT2D eigenvalue weighted by Crippen LogP contribution is 2.36. The number of rotatable bonds is 3. The maximum atomic E-state index is 12.1. The van der Waals surface area contributed by atoms with Gasteiger partial charge in [0.15, 0.2) is 5.17 Å². The lowest BCUT2D eigenvalue weighted by molar-refractivity contribution is -0.113. The number of nitrogens with one attached hydrogen (secondary N) is 2. The molecule has 3 aromatic rings. The number of hydrogen-bond acceptors (Lipinski definition) is 4. The lowest BCUT2D eigenvalue weighted by Crippen LogP contribution is -2.18. The molecule has 0 spiro atoms. The first kappa shape index (κ1) is 14.8. The molecular formula is C19H15N3OS. The maximum absolute atomic E-state index is 12.1. The van der Waals surface area contributed by atoms with Crippen molar-refractivity contribution in [2.24, 2.45) is 4.99 Å². The number of nitrogens with zero attached hydrogens (tertiary/aromatic N) is 1. The summed E-state index contributed by atoms with van der Waals surface area (Å²) in [5, 5.41) is 9.21. The largest absolute Gasteiger partial charge is 0.334 e. The van der Waals surface area contributed by atoms with Gasteiger partial charge in [0.2, 0.25) is 5.91 Å². The van der Waals surface area contributed by atoms with E-state index in [1.54, 1.807) is 0 Å². The van der Waals surface area contributed by atoms with Gasteiger partial charge >= 0.3 is 0 Å². The molecule has 0 aromatic heterocycles. The van der Waals surface area contributed by atoms with Crippen LogP contribution in [0.2, 0.25) is 0 Å². The molecule has 5 heteroatoms. The summed E-state index contributed by atoms with van der Waals surface area (Å²) in [6.45, 7) is 0. The number of amides is 1. The molecule has 0 bridgehead atoms. The second-order valence-corrected chi connectivity index (χ2v) is 6.39. The van der Waals surface area contributed by atoms with Crippen molar-refractivity contribution in [3.8, 4) is 0 Å². The normalized spacial score (nSPS) is 12.4. The molecule has 24 heavy (non-hydrogen) atoms. The van der Waals surface area contributed by atoms with E-state index in [4.69, 9.17) is 0 Å². The van der Waals surface area contributed by atoms with Gasteiger partial charge in [0.1, 0.15) is 0 Å². The number of benzene rings is 3. The van der Waals surface area contributed by atoms with Crippen LogP contribution in [0.15, 0.2) is 71.7 Å². The van der Waals surface area contributed by atoms with Crippen molar-refractivity contribution in [2.45, 2.75) is 0 Å². The zero-order chi connectivity index (χ0) is 16.4. The fourth-order valence-corrected chi connectivity index (χ4v) is 3.38. The fraction of sp³-hybridized carbons (Fsp3) is 0.0526. The van der Waals surface area contributed by atoms with E-state index in [2.05, 4.69) is 27.8 Å². The van der Waals surface area contributed by atoms with E-state index in [1.165, 1.54) is 11.8 Å². The average Bonchev–Trinajstić information content (AvgIpc) is 2.61. The van der Waals surface area contributed by atoms with Crippen LogP contribution in [0.25, 0.3) is 10.8 Å². The summed E-state index contributed by atoms with van der Waals surface area (Å²) < 4.78 is 0. The zero-order valence-electron chi connectivity index (χ0n) is 12.8. The number of thioether (sulfide) groups is 1. The van der Waals surface area contributed by atoms with Crippen LogP contribution in [0.1, 0.15) is 0 Å². The number of carbonyl (C=O) groups is 1. The van der Waals surface area contributed by atoms with E-state index in [1.807, 2.05) is 54.6 Å². The van der Waals surface area contributed by atoms with Gasteiger partial charge in [-0.05, 0) is 29.7 Å². The van der Waals surface area contributed by atoms with Crippen molar-refractivity contribution in [3.05, 3.63) is 66.7 Å². The lowest BCUT2D eigenvalue weighted by Gasteiger charge is -2.18. The second-order valence-electron chi connectivity index (χ2n) is 5.43. The summed E-state index contributed by atoms with van der Waals surface area (Å²) in [7, 11) is 0. The molecule has 1 heterocycles. The van der Waals surface area contributed by atoms with Gasteiger partial charge < -0.3 is 10.6 Å². The molecule has 1 amide bonds. The SMILES string of the molecule is O=C(CSC1=Nc2cccc3cccc(c23)N1)Nc1ccccc1. The zero-order valence-corrected chi connectivity index (χ0v) is 13.6. The number of carbonyl (C=O) groups excluding carboxylic acids is 1. The van der Waals surface area contributed by atoms with Crippen LogP contribution in [0.4, 0.5) is 17.1 Å². The Labute approximate surface area is 144 Å². The standard InChI is InChI=1S/C19H15N3OS/c23-17(20-14-8-2-1-3-9-14)12-24-19-21-15-10-4-6-13-7-5-11-16(22-19)18(13)15/h1-11H,12H2,(H,20,23)(H,21,22). The topological polar surface area (TPSA) is 53.5 Å². The number of anilines is 2. The van der Waals surface area contributed by atoms with E-state index in [0.29, 0.717) is 5.75 Å². The minimum atomic E-state index is -0.0484. The van der Waals surface area contributed by atoms with Gasteiger partial charge in [0.25, 0.3) is 0 Å². The van der Waals surface area contributed by atoms with Gasteiger partial charge in [-0.1, -0.05) is 54.2 Å². The molecule has 4 rings (SSSR count). The number of amidine groups is 1. The number of hydrogen-bond donors (Lipinski definition) is 2. The molecule has 0 unspecified atom stereocenters. The van der Waals surface area contributed by atoms with Crippen molar-refractivity contribution in [1.29, 1.82) is 0 Å². The second kappa shape index (κ2) is 6.37. The Hall–Kier alpha value is -2.79. The van der Waals surface area contributed by atoms with Gasteiger partial charge in [-0.15, -0.1) is 0 Å². The van der Waals surface area contributed by atoms with Crippen molar-refractivity contribution in [3.63, 3.8) is 0 Å². The van der Waals surface area contributed by atoms with Crippen LogP contribution in [-0.4, -0.2) is 16.8 Å². The maximum Gasteiger partial charge on any atom is 0.234 e. The van der Waals surface area contributed by atoms with Crippen LogP contribution in [0.5, 0.6) is 0 Å². The van der Waals surface area contributed by atoms with Gasteiger partial charge in [-0.25, -0.2) is 4.99 Å². The third kappa shape index (κ3) is 2.98. The van der Waals surface area contributed by atoms with Crippen molar-refractivity contribution >= 4 is 50.7 Å². The quantitative estimate of drug-likeness (QED) is 0.735. The first-order chi connectivity index (χ1) is 11.8. The molecule has 4 nitrogen and oxygen atoms in total. The molecule has 2 N–H and O–H groups in total. The monoisotopic (exact) mass is 333 g/mol. The first-order valence-electron chi connectivity index (χ1n) is 7.65. The first-order valence-corrected chi connectivity index (χ1v) is 8.63. The number of aliphatic imine (C=N–C) groups is 1. The van der Waals surface area contributed by atoms with E-state index >= 15 is 0 Å². The summed E-state index contributed by atoms with van der Waals surface area (Å²) in [6.07, 6.45) is 0. The van der Waals surface area contributed by atoms with Crippen LogP contribution in [0.3, 0.4) is 0 Å². The highest BCUT2D eigenvalue weighted by Gasteiger charge is 2.15. The Morgan fingerprint density at radius 3 is 2.62 bits per heavy atom.